The maximum Gasteiger partial charge on any atom is 0.175 e. The lowest BCUT2D eigenvalue weighted by Crippen LogP contribution is -2.20. The molecule has 0 radical (unpaired) electrons. The lowest BCUT2D eigenvalue weighted by Gasteiger charge is -2.19. The predicted octanol–water partition coefficient (Wildman–Crippen LogP) is 4.03. The van der Waals surface area contributed by atoms with Gasteiger partial charge in [0.15, 0.2) is 16.6 Å². The molecule has 0 spiro atoms. The highest BCUT2D eigenvalue weighted by Crippen LogP contribution is 2.32. The van der Waals surface area contributed by atoms with Crippen LogP contribution in [0.1, 0.15) is 0 Å². The number of para-hydroxylation sites is 1. The van der Waals surface area contributed by atoms with Gasteiger partial charge in [-0.25, -0.2) is 0 Å². The maximum atomic E-state index is 5.55. The number of fused-ring (bicyclic) bond motifs is 1. The molecule has 108 valence electrons. The Bertz CT molecular complexity index is 678. The Hall–Kier alpha value is -1.79. The highest BCUT2D eigenvalue weighted by Gasteiger charge is 2.12. The molecule has 0 atom stereocenters. The summed E-state index contributed by atoms with van der Waals surface area (Å²) in [6.45, 7) is 1.15. The molecule has 3 rings (SSSR count). The molecule has 2 aromatic carbocycles. The maximum absolute atomic E-state index is 5.55. The van der Waals surface area contributed by atoms with Crippen LogP contribution >= 0.6 is 28.1 Å². The summed E-state index contributed by atoms with van der Waals surface area (Å²) in [5.74, 6) is 1.49. The molecule has 0 amide bonds. The Labute approximate surface area is 136 Å². The number of ether oxygens (including phenoxy) is 2. The van der Waals surface area contributed by atoms with Crippen LogP contribution in [0.3, 0.4) is 0 Å². The Kier molecular flexibility index (Phi) is 4.26. The summed E-state index contributed by atoms with van der Waals surface area (Å²) in [4.78, 5) is 0. The fourth-order valence-corrected chi connectivity index (χ4v) is 2.58. The minimum Gasteiger partial charge on any atom is -0.486 e. The highest BCUT2D eigenvalue weighted by molar-refractivity contribution is 9.10. The number of nitrogens with one attached hydrogen (secondary N) is 2. The van der Waals surface area contributed by atoms with E-state index in [1.165, 1.54) is 0 Å². The predicted molar refractivity (Wildman–Crippen MR) is 91.4 cm³/mol. The lowest BCUT2D eigenvalue weighted by molar-refractivity contribution is 0.171. The first-order valence-electron chi connectivity index (χ1n) is 6.44. The molecule has 6 heteroatoms. The first-order chi connectivity index (χ1) is 10.2. The fourth-order valence-electron chi connectivity index (χ4n) is 1.97. The molecule has 2 aromatic rings. The third kappa shape index (κ3) is 3.46. The summed E-state index contributed by atoms with van der Waals surface area (Å²) < 4.78 is 12.0. The van der Waals surface area contributed by atoms with Crippen LogP contribution in [0, 0.1) is 0 Å². The molecule has 0 aromatic heterocycles. The van der Waals surface area contributed by atoms with Crippen LogP contribution in [-0.4, -0.2) is 18.3 Å². The number of thiocarbonyl (C=S) groups is 1. The summed E-state index contributed by atoms with van der Waals surface area (Å²) in [6.07, 6.45) is 0. The number of hydrogen-bond donors (Lipinski definition) is 2. The summed E-state index contributed by atoms with van der Waals surface area (Å²) in [5.41, 5.74) is 1.76. The monoisotopic (exact) mass is 364 g/mol. The van der Waals surface area contributed by atoms with Crippen LogP contribution in [0.5, 0.6) is 11.5 Å². The van der Waals surface area contributed by atoms with E-state index in [4.69, 9.17) is 21.7 Å². The van der Waals surface area contributed by atoms with E-state index in [0.29, 0.717) is 18.3 Å². The van der Waals surface area contributed by atoms with Crippen LogP contribution in [0.25, 0.3) is 0 Å². The summed E-state index contributed by atoms with van der Waals surface area (Å²) in [5, 5.41) is 6.78. The molecule has 2 N–H and O–H groups in total. The molecule has 0 saturated heterocycles. The Morgan fingerprint density at radius 1 is 1.00 bits per heavy atom. The van der Waals surface area contributed by atoms with Gasteiger partial charge in [-0.1, -0.05) is 12.1 Å². The van der Waals surface area contributed by atoms with Gasteiger partial charge < -0.3 is 20.1 Å². The van der Waals surface area contributed by atoms with E-state index < -0.39 is 0 Å². The standard InChI is InChI=1S/C15H13BrN2O2S/c16-11-3-1-2-4-12(11)18-15(21)17-10-5-6-13-14(9-10)20-8-7-19-13/h1-6,9H,7-8H2,(H2,17,18,21). The largest absolute Gasteiger partial charge is 0.486 e. The molecule has 0 unspecified atom stereocenters. The van der Waals surface area contributed by atoms with Gasteiger partial charge in [0.25, 0.3) is 0 Å². The van der Waals surface area contributed by atoms with Crippen molar-refractivity contribution < 1.29 is 9.47 Å². The normalized spacial score (nSPS) is 12.6. The smallest absolute Gasteiger partial charge is 0.175 e. The Morgan fingerprint density at radius 2 is 1.76 bits per heavy atom. The number of benzene rings is 2. The van der Waals surface area contributed by atoms with Gasteiger partial charge in [0, 0.05) is 16.2 Å². The molecule has 0 fully saturated rings. The van der Waals surface area contributed by atoms with Crippen molar-refractivity contribution in [1.82, 2.24) is 0 Å². The van der Waals surface area contributed by atoms with E-state index in [0.717, 1.165) is 27.3 Å². The minimum atomic E-state index is 0.513. The first-order valence-corrected chi connectivity index (χ1v) is 7.65. The summed E-state index contributed by atoms with van der Waals surface area (Å²) in [7, 11) is 0. The number of anilines is 2. The van der Waals surface area contributed by atoms with Gasteiger partial charge in [0.2, 0.25) is 0 Å². The van der Waals surface area contributed by atoms with Crippen LogP contribution in [0.15, 0.2) is 46.9 Å². The van der Waals surface area contributed by atoms with Crippen molar-refractivity contribution >= 4 is 44.6 Å². The topological polar surface area (TPSA) is 42.5 Å². The zero-order valence-corrected chi connectivity index (χ0v) is 13.5. The van der Waals surface area contributed by atoms with Gasteiger partial charge >= 0.3 is 0 Å². The zero-order chi connectivity index (χ0) is 14.7. The molecular formula is C15H13BrN2O2S. The van der Waals surface area contributed by atoms with E-state index in [2.05, 4.69) is 26.6 Å². The SMILES string of the molecule is S=C(Nc1ccc2c(c1)OCCO2)Nc1ccccc1Br. The average molecular weight is 365 g/mol. The van der Waals surface area contributed by atoms with Crippen LogP contribution in [0.4, 0.5) is 11.4 Å². The van der Waals surface area contributed by atoms with Crippen molar-refractivity contribution in [2.75, 3.05) is 23.8 Å². The third-order valence-corrected chi connectivity index (χ3v) is 3.82. The van der Waals surface area contributed by atoms with Crippen LogP contribution in [-0.2, 0) is 0 Å². The Balaban J connectivity index is 1.69. The third-order valence-electron chi connectivity index (χ3n) is 2.92. The molecular weight excluding hydrogens is 352 g/mol. The van der Waals surface area contributed by atoms with Gasteiger partial charge in [-0.3, -0.25) is 0 Å². The second kappa shape index (κ2) is 6.32. The Morgan fingerprint density at radius 3 is 2.57 bits per heavy atom. The van der Waals surface area contributed by atoms with Gasteiger partial charge in [0.05, 0.1) is 5.69 Å². The van der Waals surface area contributed by atoms with Crippen LogP contribution in [0.2, 0.25) is 0 Å². The van der Waals surface area contributed by atoms with Crippen molar-refractivity contribution in [3.05, 3.63) is 46.9 Å². The number of halogens is 1. The number of hydrogen-bond acceptors (Lipinski definition) is 3. The second-order valence-electron chi connectivity index (χ2n) is 4.42. The van der Waals surface area contributed by atoms with Crippen molar-refractivity contribution in [3.63, 3.8) is 0 Å². The van der Waals surface area contributed by atoms with E-state index in [1.807, 2.05) is 42.5 Å². The van der Waals surface area contributed by atoms with Gasteiger partial charge in [-0.15, -0.1) is 0 Å². The summed E-state index contributed by atoms with van der Waals surface area (Å²) in [6, 6.07) is 13.4. The molecule has 21 heavy (non-hydrogen) atoms. The van der Waals surface area contributed by atoms with E-state index in [1.54, 1.807) is 0 Å². The van der Waals surface area contributed by atoms with Gasteiger partial charge in [-0.2, -0.15) is 0 Å². The van der Waals surface area contributed by atoms with Crippen molar-refractivity contribution in [3.8, 4) is 11.5 Å². The molecule has 4 nitrogen and oxygen atoms in total. The zero-order valence-electron chi connectivity index (χ0n) is 11.1. The quantitative estimate of drug-likeness (QED) is 0.787. The minimum absolute atomic E-state index is 0.513. The average Bonchev–Trinajstić information content (AvgIpc) is 2.49. The lowest BCUT2D eigenvalue weighted by atomic mass is 10.2. The molecule has 0 aliphatic carbocycles. The van der Waals surface area contributed by atoms with Crippen molar-refractivity contribution in [2.45, 2.75) is 0 Å². The second-order valence-corrected chi connectivity index (χ2v) is 5.68. The van der Waals surface area contributed by atoms with Crippen molar-refractivity contribution in [1.29, 1.82) is 0 Å². The van der Waals surface area contributed by atoms with E-state index in [-0.39, 0.29) is 0 Å². The van der Waals surface area contributed by atoms with Crippen LogP contribution < -0.4 is 20.1 Å². The molecule has 1 aliphatic heterocycles. The molecule has 0 saturated carbocycles. The van der Waals surface area contributed by atoms with E-state index >= 15 is 0 Å². The first kappa shape index (κ1) is 14.2. The van der Waals surface area contributed by atoms with E-state index in [9.17, 15) is 0 Å². The van der Waals surface area contributed by atoms with Crippen molar-refractivity contribution in [2.24, 2.45) is 0 Å². The molecule has 0 bridgehead atoms. The fraction of sp³-hybridized carbons (Fsp3) is 0.133. The van der Waals surface area contributed by atoms with Gasteiger partial charge in [0.1, 0.15) is 13.2 Å². The van der Waals surface area contributed by atoms with Gasteiger partial charge in [-0.05, 0) is 52.4 Å². The summed E-state index contributed by atoms with van der Waals surface area (Å²) >= 11 is 8.79. The highest BCUT2D eigenvalue weighted by atomic mass is 79.9. The molecule has 1 aliphatic rings. The molecule has 1 heterocycles. The number of rotatable bonds is 2.